The van der Waals surface area contributed by atoms with E-state index in [1.807, 2.05) is 23.9 Å². The minimum atomic E-state index is 0.451. The van der Waals surface area contributed by atoms with Gasteiger partial charge in [-0.25, -0.2) is 0 Å². The largest absolute Gasteiger partial charge is 0.399 e. The standard InChI is InChI=1S/C13H17N3S/c14-11-6-2-5-10(7-11)12(9-3-1-4-9)13-16-15-8-17-13/h2,5-7,9,12,15H,1,3-4,8,14H2. The first-order chi connectivity index (χ1) is 8.34. The first kappa shape index (κ1) is 11.0. The number of nitrogens with one attached hydrogen (secondary N) is 1. The Bertz CT molecular complexity index is 440. The van der Waals surface area contributed by atoms with Crippen molar-refractivity contribution in [1.82, 2.24) is 5.43 Å². The molecule has 90 valence electrons. The van der Waals surface area contributed by atoms with Gasteiger partial charge >= 0.3 is 0 Å². The van der Waals surface area contributed by atoms with Gasteiger partial charge in [0.25, 0.3) is 0 Å². The van der Waals surface area contributed by atoms with Crippen LogP contribution in [-0.4, -0.2) is 10.9 Å². The maximum absolute atomic E-state index is 5.89. The summed E-state index contributed by atoms with van der Waals surface area (Å²) in [6.45, 7) is 0. The molecule has 0 spiro atoms. The summed E-state index contributed by atoms with van der Waals surface area (Å²) >= 11 is 1.83. The van der Waals surface area contributed by atoms with E-state index in [1.165, 1.54) is 29.9 Å². The van der Waals surface area contributed by atoms with E-state index in [1.54, 1.807) is 0 Å². The number of thioether (sulfide) groups is 1. The summed E-state index contributed by atoms with van der Waals surface area (Å²) in [5, 5.41) is 5.67. The zero-order valence-corrected chi connectivity index (χ0v) is 10.5. The summed E-state index contributed by atoms with van der Waals surface area (Å²) < 4.78 is 0. The van der Waals surface area contributed by atoms with Crippen LogP contribution in [-0.2, 0) is 0 Å². The van der Waals surface area contributed by atoms with Gasteiger partial charge in [-0.1, -0.05) is 30.3 Å². The number of rotatable bonds is 3. The van der Waals surface area contributed by atoms with Gasteiger partial charge < -0.3 is 5.73 Å². The molecule has 1 saturated carbocycles. The van der Waals surface area contributed by atoms with Crippen molar-refractivity contribution >= 4 is 22.5 Å². The third-order valence-electron chi connectivity index (χ3n) is 3.63. The third-order valence-corrected chi connectivity index (χ3v) is 4.55. The summed E-state index contributed by atoms with van der Waals surface area (Å²) in [6, 6.07) is 8.28. The van der Waals surface area contributed by atoms with Gasteiger partial charge in [0.1, 0.15) is 5.04 Å². The molecule has 1 aromatic rings. The summed E-state index contributed by atoms with van der Waals surface area (Å²) in [5.41, 5.74) is 11.1. The van der Waals surface area contributed by atoms with Crippen molar-refractivity contribution in [3.63, 3.8) is 0 Å². The number of nitrogens with zero attached hydrogens (tertiary/aromatic N) is 1. The van der Waals surface area contributed by atoms with Gasteiger partial charge in [-0.2, -0.15) is 5.10 Å². The van der Waals surface area contributed by atoms with Gasteiger partial charge in [0.15, 0.2) is 0 Å². The second kappa shape index (κ2) is 4.61. The minimum Gasteiger partial charge on any atom is -0.399 e. The molecule has 4 heteroatoms. The predicted molar refractivity (Wildman–Crippen MR) is 74.0 cm³/mol. The van der Waals surface area contributed by atoms with E-state index in [-0.39, 0.29) is 0 Å². The number of hydrogen-bond acceptors (Lipinski definition) is 4. The molecule has 1 fully saturated rings. The highest BCUT2D eigenvalue weighted by molar-refractivity contribution is 8.14. The van der Waals surface area contributed by atoms with E-state index in [0.29, 0.717) is 5.92 Å². The maximum Gasteiger partial charge on any atom is 0.103 e. The molecule has 3 N–H and O–H groups in total. The summed E-state index contributed by atoms with van der Waals surface area (Å²) in [4.78, 5) is 0. The van der Waals surface area contributed by atoms with Gasteiger partial charge in [-0.15, -0.1) is 0 Å². The fourth-order valence-electron chi connectivity index (χ4n) is 2.55. The SMILES string of the molecule is Nc1cccc(C(C2=NNCS2)C2CCC2)c1. The van der Waals surface area contributed by atoms with Crippen molar-refractivity contribution in [2.75, 3.05) is 11.6 Å². The van der Waals surface area contributed by atoms with Crippen LogP contribution in [0, 0.1) is 5.92 Å². The van der Waals surface area contributed by atoms with Crippen LogP contribution in [0.4, 0.5) is 5.69 Å². The molecular formula is C13H17N3S. The Morgan fingerprint density at radius 2 is 2.29 bits per heavy atom. The number of nitrogens with two attached hydrogens (primary N) is 1. The average Bonchev–Trinajstić information content (AvgIpc) is 2.76. The Kier molecular flexibility index (Phi) is 2.97. The van der Waals surface area contributed by atoms with E-state index in [9.17, 15) is 0 Å². The molecule has 1 atom stereocenters. The third kappa shape index (κ3) is 2.14. The zero-order valence-electron chi connectivity index (χ0n) is 9.73. The number of benzene rings is 1. The Morgan fingerprint density at radius 1 is 1.41 bits per heavy atom. The molecule has 0 radical (unpaired) electrons. The highest BCUT2D eigenvalue weighted by atomic mass is 32.2. The van der Waals surface area contributed by atoms with Crippen LogP contribution in [0.15, 0.2) is 29.4 Å². The fraction of sp³-hybridized carbons (Fsp3) is 0.462. The Balaban J connectivity index is 1.92. The topological polar surface area (TPSA) is 50.4 Å². The highest BCUT2D eigenvalue weighted by Gasteiger charge is 2.33. The maximum atomic E-state index is 5.89. The zero-order chi connectivity index (χ0) is 11.7. The van der Waals surface area contributed by atoms with Crippen molar-refractivity contribution in [3.8, 4) is 0 Å². The molecule has 0 amide bonds. The lowest BCUT2D eigenvalue weighted by atomic mass is 9.73. The van der Waals surface area contributed by atoms with Crippen LogP contribution < -0.4 is 11.2 Å². The number of nitrogen functional groups attached to an aromatic ring is 1. The molecule has 0 bridgehead atoms. The van der Waals surface area contributed by atoms with Gasteiger partial charge in [0.2, 0.25) is 0 Å². The lowest BCUT2D eigenvalue weighted by Gasteiger charge is -2.33. The van der Waals surface area contributed by atoms with Crippen molar-refractivity contribution in [2.45, 2.75) is 25.2 Å². The average molecular weight is 247 g/mol. The predicted octanol–water partition coefficient (Wildman–Crippen LogP) is 2.76. The van der Waals surface area contributed by atoms with Crippen molar-refractivity contribution in [3.05, 3.63) is 29.8 Å². The summed E-state index contributed by atoms with van der Waals surface area (Å²) in [5.74, 6) is 2.11. The van der Waals surface area contributed by atoms with Crippen LogP contribution in [0.1, 0.15) is 30.7 Å². The normalized spacial score (nSPS) is 21.5. The first-order valence-electron chi connectivity index (χ1n) is 6.13. The molecular weight excluding hydrogens is 230 g/mol. The Morgan fingerprint density at radius 3 is 2.88 bits per heavy atom. The molecule has 0 saturated heterocycles. The molecule has 3 rings (SSSR count). The summed E-state index contributed by atoms with van der Waals surface area (Å²) in [7, 11) is 0. The number of hydrogen-bond donors (Lipinski definition) is 2. The molecule has 1 unspecified atom stereocenters. The Hall–Kier alpha value is -1.16. The highest BCUT2D eigenvalue weighted by Crippen LogP contribution is 2.43. The van der Waals surface area contributed by atoms with E-state index in [0.717, 1.165) is 17.5 Å². The van der Waals surface area contributed by atoms with E-state index in [4.69, 9.17) is 5.73 Å². The molecule has 17 heavy (non-hydrogen) atoms. The van der Waals surface area contributed by atoms with Crippen LogP contribution in [0.5, 0.6) is 0 Å². The molecule has 3 nitrogen and oxygen atoms in total. The molecule has 1 heterocycles. The minimum absolute atomic E-state index is 0.451. The lowest BCUT2D eigenvalue weighted by molar-refractivity contribution is 0.299. The van der Waals surface area contributed by atoms with Crippen LogP contribution in [0.2, 0.25) is 0 Å². The van der Waals surface area contributed by atoms with E-state index >= 15 is 0 Å². The smallest absolute Gasteiger partial charge is 0.103 e. The van der Waals surface area contributed by atoms with Crippen LogP contribution in [0.3, 0.4) is 0 Å². The van der Waals surface area contributed by atoms with Crippen molar-refractivity contribution < 1.29 is 0 Å². The second-order valence-electron chi connectivity index (χ2n) is 4.74. The van der Waals surface area contributed by atoms with Gasteiger partial charge in [-0.3, -0.25) is 5.43 Å². The lowest BCUT2D eigenvalue weighted by Crippen LogP contribution is -2.25. The van der Waals surface area contributed by atoms with E-state index in [2.05, 4.69) is 22.7 Å². The van der Waals surface area contributed by atoms with Crippen molar-refractivity contribution in [1.29, 1.82) is 0 Å². The first-order valence-corrected chi connectivity index (χ1v) is 7.12. The number of hydrazone groups is 1. The molecule has 1 aliphatic heterocycles. The van der Waals surface area contributed by atoms with Crippen LogP contribution >= 0.6 is 11.8 Å². The monoisotopic (exact) mass is 247 g/mol. The van der Waals surface area contributed by atoms with E-state index < -0.39 is 0 Å². The fourth-order valence-corrected chi connectivity index (χ4v) is 3.46. The van der Waals surface area contributed by atoms with Gasteiger partial charge in [-0.05, 0) is 36.5 Å². The molecule has 1 aliphatic carbocycles. The number of anilines is 1. The Labute approximate surface area is 106 Å². The summed E-state index contributed by atoms with van der Waals surface area (Å²) in [6.07, 6.45) is 3.99. The quantitative estimate of drug-likeness (QED) is 0.807. The molecule has 1 aromatic carbocycles. The van der Waals surface area contributed by atoms with Crippen LogP contribution in [0.25, 0.3) is 0 Å². The molecule has 2 aliphatic rings. The van der Waals surface area contributed by atoms with Gasteiger partial charge in [0, 0.05) is 11.6 Å². The molecule has 0 aromatic heterocycles. The van der Waals surface area contributed by atoms with Crippen molar-refractivity contribution in [2.24, 2.45) is 11.0 Å². The van der Waals surface area contributed by atoms with Gasteiger partial charge in [0.05, 0.1) is 5.88 Å². The second-order valence-corrected chi connectivity index (χ2v) is 5.73.